The molecule has 0 bridgehead atoms. The first-order chi connectivity index (χ1) is 19.3. The van der Waals surface area contributed by atoms with Gasteiger partial charge in [0.05, 0.1) is 11.4 Å². The molecule has 0 saturated heterocycles. The van der Waals surface area contributed by atoms with Crippen LogP contribution in [0.5, 0.6) is 0 Å². The van der Waals surface area contributed by atoms with E-state index in [1.807, 2.05) is 36.4 Å². The van der Waals surface area contributed by atoms with Crippen LogP contribution in [-0.4, -0.2) is 20.2 Å². The van der Waals surface area contributed by atoms with Crippen LogP contribution in [0.4, 0.5) is 0 Å². The van der Waals surface area contributed by atoms with E-state index in [4.69, 9.17) is 5.14 Å². The predicted molar refractivity (Wildman–Crippen MR) is 160 cm³/mol. The minimum absolute atomic E-state index is 0.0659. The Bertz CT molecular complexity index is 1580. The molecule has 2 aromatic carbocycles. The lowest BCUT2D eigenvalue weighted by molar-refractivity contribution is -0.136. The van der Waals surface area contributed by atoms with Gasteiger partial charge in [-0.2, -0.15) is 0 Å². The van der Waals surface area contributed by atoms with Gasteiger partial charge in [0.25, 0.3) is 0 Å². The molecule has 1 fully saturated rings. The third-order valence-corrected chi connectivity index (χ3v) is 10.3. The number of rotatable bonds is 9. The Hall–Kier alpha value is -3.31. The number of carbonyl (C=O) groups excluding carboxylic acids is 2. The monoisotopic (exact) mass is 593 g/mol. The van der Waals surface area contributed by atoms with E-state index in [0.717, 1.165) is 28.8 Å². The number of nitrogens with one attached hydrogen (secondary N) is 2. The van der Waals surface area contributed by atoms with Gasteiger partial charge in [-0.1, -0.05) is 61.4 Å². The van der Waals surface area contributed by atoms with Crippen molar-refractivity contribution in [1.29, 1.82) is 0 Å². The minimum atomic E-state index is -3.86. The average molecular weight is 594 g/mol. The number of nitrogens with two attached hydrogens (primary N) is 1. The molecule has 2 amide bonds. The highest BCUT2D eigenvalue weighted by Crippen LogP contribution is 2.33. The van der Waals surface area contributed by atoms with Crippen molar-refractivity contribution in [1.82, 2.24) is 10.6 Å². The van der Waals surface area contributed by atoms with E-state index in [1.54, 1.807) is 40.9 Å². The number of thiophene rings is 2. The van der Waals surface area contributed by atoms with E-state index in [9.17, 15) is 18.0 Å². The predicted octanol–water partition coefficient (Wildman–Crippen LogP) is 5.53. The van der Waals surface area contributed by atoms with Crippen LogP contribution in [0, 0.1) is 11.8 Å². The average Bonchev–Trinajstić information content (AvgIpc) is 3.67. The number of primary sulfonamides is 1. The summed E-state index contributed by atoms with van der Waals surface area (Å²) in [6.07, 6.45) is 3.25. The van der Waals surface area contributed by atoms with Gasteiger partial charge in [0, 0.05) is 38.6 Å². The van der Waals surface area contributed by atoms with Crippen molar-refractivity contribution in [2.24, 2.45) is 17.0 Å². The molecule has 5 rings (SSSR count). The Morgan fingerprint density at radius 1 is 0.800 bits per heavy atom. The molecule has 2 aromatic heterocycles. The van der Waals surface area contributed by atoms with Crippen LogP contribution in [0.2, 0.25) is 0 Å². The van der Waals surface area contributed by atoms with Gasteiger partial charge in [-0.25, -0.2) is 13.6 Å². The SMILES string of the molecule is NS(=O)(=O)c1ccccc1-c1ccc(CNC(=O)[C@H]2CCCC[C@@H]2C(=O)NCc2ccc(-c3cccs3)s2)cc1. The third-order valence-electron chi connectivity index (χ3n) is 7.23. The standard InChI is InChI=1S/C30H31N3O4S3/c31-40(36,37)28-10-4-3-6-23(28)21-13-11-20(12-14-21)18-32-29(34)24-7-1-2-8-25(24)30(35)33-19-22-15-16-27(39-22)26-9-5-17-38-26/h3-6,9-17,24-25H,1-2,7-8,18-19H2,(H,32,34)(H,33,35)(H2,31,36,37)/t24-,25-/m0/s1. The van der Waals surface area contributed by atoms with Gasteiger partial charge in [-0.05, 0) is 53.6 Å². The Labute approximate surface area is 242 Å². The molecule has 40 heavy (non-hydrogen) atoms. The Balaban J connectivity index is 1.17. The molecule has 0 radical (unpaired) electrons. The molecule has 0 spiro atoms. The van der Waals surface area contributed by atoms with E-state index in [1.165, 1.54) is 15.8 Å². The second-order valence-electron chi connectivity index (χ2n) is 9.91. The number of amides is 2. The molecule has 0 unspecified atom stereocenters. The van der Waals surface area contributed by atoms with E-state index in [2.05, 4.69) is 28.1 Å². The van der Waals surface area contributed by atoms with Crippen LogP contribution in [0.25, 0.3) is 20.9 Å². The molecule has 4 N–H and O–H groups in total. The number of sulfonamides is 1. The lowest BCUT2D eigenvalue weighted by Gasteiger charge is -2.29. The van der Waals surface area contributed by atoms with Crippen LogP contribution < -0.4 is 15.8 Å². The second kappa shape index (κ2) is 12.5. The number of hydrogen-bond acceptors (Lipinski definition) is 6. The number of benzene rings is 2. The van der Waals surface area contributed by atoms with Crippen molar-refractivity contribution in [2.45, 2.75) is 43.7 Å². The van der Waals surface area contributed by atoms with Crippen LogP contribution in [-0.2, 0) is 32.7 Å². The fourth-order valence-electron chi connectivity index (χ4n) is 5.16. The summed E-state index contributed by atoms with van der Waals surface area (Å²) < 4.78 is 23.9. The van der Waals surface area contributed by atoms with Gasteiger partial charge >= 0.3 is 0 Å². The highest BCUT2D eigenvalue weighted by Gasteiger charge is 2.35. The van der Waals surface area contributed by atoms with Crippen LogP contribution >= 0.6 is 22.7 Å². The quantitative estimate of drug-likeness (QED) is 0.236. The van der Waals surface area contributed by atoms with Gasteiger partial charge in [0.15, 0.2) is 0 Å². The molecule has 10 heteroatoms. The molecule has 4 aromatic rings. The molecule has 1 aliphatic carbocycles. The molecule has 2 atom stereocenters. The lowest BCUT2D eigenvalue weighted by atomic mass is 9.78. The summed E-state index contributed by atoms with van der Waals surface area (Å²) >= 11 is 3.37. The number of carbonyl (C=O) groups is 2. The summed E-state index contributed by atoms with van der Waals surface area (Å²) in [7, 11) is -3.86. The first-order valence-corrected chi connectivity index (χ1v) is 16.4. The van der Waals surface area contributed by atoms with Crippen molar-refractivity contribution in [3.8, 4) is 20.9 Å². The zero-order valence-electron chi connectivity index (χ0n) is 21.8. The highest BCUT2D eigenvalue weighted by atomic mass is 32.2. The van der Waals surface area contributed by atoms with Gasteiger partial charge in [0.1, 0.15) is 0 Å². The fourth-order valence-corrected chi connectivity index (χ4v) is 7.71. The summed E-state index contributed by atoms with van der Waals surface area (Å²) in [4.78, 5) is 29.9. The molecule has 1 saturated carbocycles. The number of hydrogen-bond donors (Lipinski definition) is 3. The third kappa shape index (κ3) is 6.69. The highest BCUT2D eigenvalue weighted by molar-refractivity contribution is 7.89. The smallest absolute Gasteiger partial charge is 0.238 e. The topological polar surface area (TPSA) is 118 Å². The van der Waals surface area contributed by atoms with Gasteiger partial charge in [-0.3, -0.25) is 9.59 Å². The second-order valence-corrected chi connectivity index (χ2v) is 13.6. The first-order valence-electron chi connectivity index (χ1n) is 13.2. The summed E-state index contributed by atoms with van der Waals surface area (Å²) in [5.74, 6) is -0.884. The normalized spacial score (nSPS) is 17.3. The van der Waals surface area contributed by atoms with Gasteiger partial charge in [0.2, 0.25) is 21.8 Å². The first kappa shape index (κ1) is 28.2. The largest absolute Gasteiger partial charge is 0.352 e. The summed E-state index contributed by atoms with van der Waals surface area (Å²) in [6.45, 7) is 0.780. The van der Waals surface area contributed by atoms with Gasteiger partial charge < -0.3 is 10.6 Å². The lowest BCUT2D eigenvalue weighted by Crippen LogP contribution is -2.43. The maximum absolute atomic E-state index is 13.2. The van der Waals surface area contributed by atoms with E-state index in [0.29, 0.717) is 31.5 Å². The van der Waals surface area contributed by atoms with Crippen LogP contribution in [0.3, 0.4) is 0 Å². The molecular weight excluding hydrogens is 563 g/mol. The zero-order chi connectivity index (χ0) is 28.1. The maximum atomic E-state index is 13.2. The Kier molecular flexibility index (Phi) is 8.80. The zero-order valence-corrected chi connectivity index (χ0v) is 24.3. The minimum Gasteiger partial charge on any atom is -0.352 e. The van der Waals surface area contributed by atoms with Crippen LogP contribution in [0.15, 0.2) is 83.1 Å². The van der Waals surface area contributed by atoms with Crippen LogP contribution in [0.1, 0.15) is 36.1 Å². The maximum Gasteiger partial charge on any atom is 0.238 e. The molecule has 0 aliphatic heterocycles. The molecule has 7 nitrogen and oxygen atoms in total. The Morgan fingerprint density at radius 3 is 2.12 bits per heavy atom. The van der Waals surface area contributed by atoms with Crippen molar-refractivity contribution in [3.63, 3.8) is 0 Å². The van der Waals surface area contributed by atoms with Crippen molar-refractivity contribution in [3.05, 3.63) is 88.6 Å². The fraction of sp³-hybridized carbons (Fsp3) is 0.267. The Morgan fingerprint density at radius 2 is 1.48 bits per heavy atom. The molecule has 2 heterocycles. The van der Waals surface area contributed by atoms with E-state index in [-0.39, 0.29) is 28.5 Å². The van der Waals surface area contributed by atoms with Crippen molar-refractivity contribution >= 4 is 44.5 Å². The summed E-state index contributed by atoms with van der Waals surface area (Å²) in [5.41, 5.74) is 2.13. The molecule has 208 valence electrons. The summed E-state index contributed by atoms with van der Waals surface area (Å²) in [6, 6.07) is 22.2. The van der Waals surface area contributed by atoms with E-state index >= 15 is 0 Å². The van der Waals surface area contributed by atoms with Gasteiger partial charge in [-0.15, -0.1) is 22.7 Å². The van der Waals surface area contributed by atoms with Crippen molar-refractivity contribution in [2.75, 3.05) is 0 Å². The van der Waals surface area contributed by atoms with E-state index < -0.39 is 10.0 Å². The summed E-state index contributed by atoms with van der Waals surface area (Å²) in [5, 5.41) is 13.5. The van der Waals surface area contributed by atoms with Crippen molar-refractivity contribution < 1.29 is 18.0 Å². The molecular formula is C30H31N3O4S3. The molecule has 1 aliphatic rings.